The Morgan fingerprint density at radius 3 is 0.662 bits per heavy atom. The molecule has 0 spiro atoms. The number of rotatable bonds is 16. The van der Waals surface area contributed by atoms with Crippen LogP contribution in [0.5, 0.6) is 23.0 Å². The SMILES string of the molecule is CCCCOc1cnc2c(ccc3cc(OCCCC)cnc32)c1.CCCCOc1cnc2c(ccc3cc(OCCCC)cnc32)c1.[C-]#[O+].[C-]#[O+].[C-]#[O+].[C-]#[O+].[C-]#[O+].[C-]#[O+].[C-]#[O+].[C-]#[O+].[Cl][Re].[Cl][Re]. The molecular formula is C48H48Cl2N4O12Re2. The molecule has 0 saturated heterocycles. The van der Waals surface area contributed by atoms with Crippen molar-refractivity contribution in [3.8, 4) is 23.0 Å². The fourth-order valence-electron chi connectivity index (χ4n) is 5.16. The summed E-state index contributed by atoms with van der Waals surface area (Å²) in [6.07, 6.45) is 15.8. The Bertz CT molecular complexity index is 1990. The van der Waals surface area contributed by atoms with E-state index in [1.807, 2.05) is 24.3 Å². The number of hydrogen-bond acceptors (Lipinski definition) is 8. The number of hydrogen-bond donors (Lipinski definition) is 0. The topological polar surface area (TPSA) is 248 Å². The molecule has 360 valence electrons. The third-order valence-electron chi connectivity index (χ3n) is 7.97. The summed E-state index contributed by atoms with van der Waals surface area (Å²) < 4.78 is 83.0. The van der Waals surface area contributed by atoms with Crippen LogP contribution in [0.1, 0.15) is 79.1 Å². The van der Waals surface area contributed by atoms with Crippen LogP contribution < -0.4 is 18.9 Å². The van der Waals surface area contributed by atoms with E-state index in [0.29, 0.717) is 0 Å². The van der Waals surface area contributed by atoms with Crippen LogP contribution >= 0.6 is 19.1 Å². The van der Waals surface area contributed by atoms with E-state index in [9.17, 15) is 0 Å². The quantitative estimate of drug-likeness (QED) is 0.0389. The minimum atomic E-state index is 0.730. The number of unbranched alkanes of at least 4 members (excludes halogenated alkanes) is 4. The normalized spacial score (nSPS) is 8.24. The molecule has 0 aliphatic rings. The molecule has 0 aliphatic heterocycles. The maximum atomic E-state index is 7.50. The van der Waals surface area contributed by atoms with Gasteiger partial charge in [0.05, 0.1) is 73.3 Å². The molecule has 6 aromatic rings. The first-order chi connectivity index (χ1) is 33.6. The van der Waals surface area contributed by atoms with E-state index in [-0.39, 0.29) is 0 Å². The molecule has 20 heteroatoms. The second-order valence-corrected chi connectivity index (χ2v) is 11.9. The van der Waals surface area contributed by atoms with Gasteiger partial charge < -0.3 is 18.9 Å². The fraction of sp³-hybridized carbons (Fsp3) is 0.333. The summed E-state index contributed by atoms with van der Waals surface area (Å²) in [5.74, 6) is 3.26. The molecule has 0 saturated carbocycles. The van der Waals surface area contributed by atoms with Crippen LogP contribution in [0.15, 0.2) is 73.3 Å². The Labute approximate surface area is 427 Å². The first-order valence-electron chi connectivity index (χ1n) is 19.4. The summed E-state index contributed by atoms with van der Waals surface area (Å²) in [6.45, 7) is 47.5. The molecule has 0 aliphatic carbocycles. The molecule has 16 nitrogen and oxygen atoms in total. The van der Waals surface area contributed by atoms with Gasteiger partial charge in [-0.3, -0.25) is 19.9 Å². The summed E-state index contributed by atoms with van der Waals surface area (Å²) in [5, 5.41) is 4.18. The van der Waals surface area contributed by atoms with E-state index in [2.05, 4.69) is 125 Å². The number of nitrogens with zero attached hydrogens (tertiary/aromatic N) is 4. The summed E-state index contributed by atoms with van der Waals surface area (Å²) >= 11 is 2.39. The van der Waals surface area contributed by atoms with Crippen molar-refractivity contribution in [2.45, 2.75) is 79.1 Å². The standard InChI is InChI=1S/2C20H24N2O2.8CO.2ClH.2Re/c2*1-3-5-9-23-17-11-15-7-8-16-12-18(24-10-6-4-2)14-22-20(16)19(15)21-13-17;8*1-2;;;;/h2*7-8,11-14H,3-6,9-10H2,1-2H3;;;;;;;;;2*1H;;/q;;;;;;;;;;;;2*+1/p-2. The molecule has 0 bridgehead atoms. The third-order valence-corrected chi connectivity index (χ3v) is 7.97. The van der Waals surface area contributed by atoms with Gasteiger partial charge in [-0.25, -0.2) is 0 Å². The van der Waals surface area contributed by atoms with Crippen molar-refractivity contribution >= 4 is 62.7 Å². The van der Waals surface area contributed by atoms with Gasteiger partial charge in [0.1, 0.15) is 23.0 Å². The molecule has 0 unspecified atom stereocenters. The van der Waals surface area contributed by atoms with Gasteiger partial charge in [-0.15, -0.1) is 0 Å². The molecule has 0 fully saturated rings. The van der Waals surface area contributed by atoms with Gasteiger partial charge in [0.2, 0.25) is 0 Å². The van der Waals surface area contributed by atoms with Crippen LogP contribution in [0.3, 0.4) is 0 Å². The molecule has 2 aromatic carbocycles. The summed E-state index contributed by atoms with van der Waals surface area (Å²) in [7, 11) is 9.39. The Hall–Kier alpha value is -4.90. The Kier molecular flexibility index (Phi) is 63.9. The molecule has 0 N–H and O–H groups in total. The number of halogens is 2. The van der Waals surface area contributed by atoms with Crippen molar-refractivity contribution in [1.82, 2.24) is 19.9 Å². The van der Waals surface area contributed by atoms with Crippen LogP contribution in [0.4, 0.5) is 0 Å². The van der Waals surface area contributed by atoms with Crippen molar-refractivity contribution in [3.05, 3.63) is 127 Å². The van der Waals surface area contributed by atoms with E-state index in [1.54, 1.807) is 24.8 Å². The van der Waals surface area contributed by atoms with Crippen LogP contribution in [0.25, 0.3) is 43.6 Å². The number of pyridine rings is 4. The zero-order chi connectivity index (χ0) is 53.6. The molecule has 0 amide bonds. The number of ether oxygens (including phenoxy) is 4. The Balaban J connectivity index is -0.000000207. The van der Waals surface area contributed by atoms with E-state index < -0.39 is 0 Å². The molecule has 6 rings (SSSR count). The van der Waals surface area contributed by atoms with Gasteiger partial charge in [-0.1, -0.05) is 77.6 Å². The van der Waals surface area contributed by atoms with Crippen LogP contribution in [0.2, 0.25) is 0 Å². The Morgan fingerprint density at radius 1 is 0.353 bits per heavy atom. The van der Waals surface area contributed by atoms with Gasteiger partial charge in [-0.2, -0.15) is 0 Å². The molecule has 4 aromatic heterocycles. The summed E-state index contributed by atoms with van der Waals surface area (Å²) in [6, 6.07) is 16.4. The van der Waals surface area contributed by atoms with Crippen molar-refractivity contribution in [2.24, 2.45) is 0 Å². The van der Waals surface area contributed by atoms with Gasteiger partial charge in [0, 0.05) is 21.5 Å². The van der Waals surface area contributed by atoms with Crippen LogP contribution in [0, 0.1) is 53.2 Å². The molecule has 0 radical (unpaired) electrons. The molecule has 0 atom stereocenters. The van der Waals surface area contributed by atoms with E-state index in [1.165, 1.54) is 36.4 Å². The predicted octanol–water partition coefficient (Wildman–Crippen LogP) is 11.4. The van der Waals surface area contributed by atoms with Gasteiger partial charge >= 0.3 is 146 Å². The minimum absolute atomic E-state index is 0.730. The van der Waals surface area contributed by atoms with E-state index in [0.717, 1.165) is 144 Å². The molecule has 68 heavy (non-hydrogen) atoms. The maximum absolute atomic E-state index is 7.50. The third kappa shape index (κ3) is 30.5. The van der Waals surface area contributed by atoms with Crippen molar-refractivity contribution < 1.29 is 92.5 Å². The first kappa shape index (κ1) is 74.6. The average Bonchev–Trinajstić information content (AvgIpc) is 3.44. The van der Waals surface area contributed by atoms with Gasteiger partial charge in [0.15, 0.2) is 0 Å². The van der Waals surface area contributed by atoms with Crippen molar-refractivity contribution in [2.75, 3.05) is 26.4 Å². The zero-order valence-electron chi connectivity index (χ0n) is 37.6. The van der Waals surface area contributed by atoms with E-state index >= 15 is 0 Å². The second kappa shape index (κ2) is 58.2. The first-order valence-corrected chi connectivity index (χ1v) is 26.2. The summed E-state index contributed by atoms with van der Waals surface area (Å²) in [5.41, 5.74) is 3.59. The average molecular weight is 1320 g/mol. The number of benzene rings is 2. The monoisotopic (exact) mass is 1320 g/mol. The molecule has 4 heterocycles. The Morgan fingerprint density at radius 2 is 0.515 bits per heavy atom. The van der Waals surface area contributed by atoms with E-state index in [4.69, 9.17) is 75.2 Å². The van der Waals surface area contributed by atoms with Crippen LogP contribution in [-0.2, 0) is 73.6 Å². The summed E-state index contributed by atoms with van der Waals surface area (Å²) in [4.78, 5) is 18.3. The van der Waals surface area contributed by atoms with Crippen molar-refractivity contribution in [1.29, 1.82) is 0 Å². The predicted molar refractivity (Wildman–Crippen MR) is 239 cm³/mol. The fourth-order valence-corrected chi connectivity index (χ4v) is 5.16. The van der Waals surface area contributed by atoms with Gasteiger partial charge in [-0.05, 0) is 49.9 Å². The zero-order valence-corrected chi connectivity index (χ0v) is 44.6. The number of aromatic nitrogens is 4. The van der Waals surface area contributed by atoms with Gasteiger partial charge in [0.25, 0.3) is 0 Å². The van der Waals surface area contributed by atoms with Crippen molar-refractivity contribution in [3.63, 3.8) is 0 Å². The number of fused-ring (bicyclic) bond motifs is 6. The second-order valence-electron chi connectivity index (χ2n) is 11.9. The molecular weight excluding hydrogens is 1270 g/mol. The van der Waals surface area contributed by atoms with Crippen LogP contribution in [-0.4, -0.2) is 46.4 Å².